The average Bonchev–Trinajstić information content (AvgIpc) is 2.83. The number of hydrogen-bond acceptors (Lipinski definition) is 5. The maximum atomic E-state index is 13.0. The van der Waals surface area contributed by atoms with Crippen molar-refractivity contribution >= 4 is 22.5 Å². The third-order valence-electron chi connectivity index (χ3n) is 5.32. The third kappa shape index (κ3) is 3.95. The summed E-state index contributed by atoms with van der Waals surface area (Å²) in [5.41, 5.74) is 2.55. The number of nitro benzene ring substituents is 1. The number of rotatable bonds is 4. The van der Waals surface area contributed by atoms with E-state index in [0.29, 0.717) is 22.2 Å². The van der Waals surface area contributed by atoms with Gasteiger partial charge in [0.25, 0.3) is 17.2 Å². The number of carbonyl (C=O) groups excluding carboxylic acids is 1. The molecule has 0 saturated carbocycles. The molecule has 0 N–H and O–H groups in total. The summed E-state index contributed by atoms with van der Waals surface area (Å²) in [5, 5.41) is 21.1. The van der Waals surface area contributed by atoms with Crippen LogP contribution in [0.15, 0.2) is 77.6 Å². The van der Waals surface area contributed by atoms with Crippen molar-refractivity contribution in [3.63, 3.8) is 0 Å². The summed E-state index contributed by atoms with van der Waals surface area (Å²) in [6.07, 6.45) is 0. The molecule has 0 bridgehead atoms. The van der Waals surface area contributed by atoms with Gasteiger partial charge in [-0.3, -0.25) is 24.3 Å². The maximum absolute atomic E-state index is 13.0. The molecule has 0 saturated heterocycles. The van der Waals surface area contributed by atoms with Crippen molar-refractivity contribution in [2.75, 3.05) is 14.1 Å². The van der Waals surface area contributed by atoms with E-state index in [4.69, 9.17) is 0 Å². The minimum absolute atomic E-state index is 0.0276. The van der Waals surface area contributed by atoms with Gasteiger partial charge < -0.3 is 4.90 Å². The second-order valence-corrected chi connectivity index (χ2v) is 7.63. The maximum Gasteiger partial charge on any atom is 0.273 e. The van der Waals surface area contributed by atoms with E-state index in [2.05, 4.69) is 0 Å². The predicted molar refractivity (Wildman–Crippen MR) is 124 cm³/mol. The van der Waals surface area contributed by atoms with Gasteiger partial charge in [0.2, 0.25) is 0 Å². The summed E-state index contributed by atoms with van der Waals surface area (Å²) in [7, 11) is 3.37. The first-order valence-corrected chi connectivity index (χ1v) is 9.97. The molecule has 33 heavy (non-hydrogen) atoms. The number of benzene rings is 3. The number of hydrogen-bond donors (Lipinski definition) is 0. The Morgan fingerprint density at radius 3 is 2.18 bits per heavy atom. The van der Waals surface area contributed by atoms with Crippen LogP contribution < -0.4 is 5.56 Å². The highest BCUT2D eigenvalue weighted by Gasteiger charge is 2.14. The fourth-order valence-electron chi connectivity index (χ4n) is 3.61. The van der Waals surface area contributed by atoms with Crippen LogP contribution in [0, 0.1) is 21.4 Å². The van der Waals surface area contributed by atoms with E-state index >= 15 is 0 Å². The number of fused-ring (bicyclic) bond motifs is 1. The van der Waals surface area contributed by atoms with Crippen LogP contribution in [0.4, 0.5) is 5.69 Å². The lowest BCUT2D eigenvalue weighted by atomic mass is 10.0. The van der Waals surface area contributed by atoms with Gasteiger partial charge in [-0.05, 0) is 47.5 Å². The lowest BCUT2D eigenvalue weighted by Gasteiger charge is -2.13. The van der Waals surface area contributed by atoms with E-state index in [1.807, 2.05) is 36.4 Å². The summed E-state index contributed by atoms with van der Waals surface area (Å²) in [6.45, 7) is 0. The van der Waals surface area contributed by atoms with Gasteiger partial charge in [-0.1, -0.05) is 24.3 Å². The number of nitrogens with zero attached hydrogens (tertiary/aromatic N) is 4. The molecule has 0 spiro atoms. The molecular weight excluding hydrogens is 420 g/mol. The standard InChI is InChI=1S/C25H18N4O4/c1-27(2)24(30)17-5-3-16(4-6-17)18-7-8-19-13-20(15-26)25(31)28(23(19)14-18)21-9-11-22(12-10-21)29(32)33/h3-14H,1-2H3. The van der Waals surface area contributed by atoms with Gasteiger partial charge in [0.05, 0.1) is 10.4 Å². The van der Waals surface area contributed by atoms with Crippen molar-refractivity contribution in [1.29, 1.82) is 5.26 Å². The first kappa shape index (κ1) is 21.5. The second kappa shape index (κ2) is 8.40. The number of carbonyl (C=O) groups is 1. The summed E-state index contributed by atoms with van der Waals surface area (Å²) >= 11 is 0. The number of pyridine rings is 1. The number of nitro groups is 1. The van der Waals surface area contributed by atoms with Gasteiger partial charge in [-0.25, -0.2) is 0 Å². The predicted octanol–water partition coefficient (Wildman–Crippen LogP) is 4.14. The Hall–Kier alpha value is -4.77. The second-order valence-electron chi connectivity index (χ2n) is 7.63. The highest BCUT2D eigenvalue weighted by atomic mass is 16.6. The van der Waals surface area contributed by atoms with E-state index in [0.717, 1.165) is 11.1 Å². The molecule has 1 heterocycles. The zero-order chi connectivity index (χ0) is 23.7. The van der Waals surface area contributed by atoms with Crippen molar-refractivity contribution in [2.45, 2.75) is 0 Å². The Balaban J connectivity index is 1.89. The molecule has 3 aromatic carbocycles. The minimum atomic E-state index is -0.515. The molecule has 0 aliphatic heterocycles. The minimum Gasteiger partial charge on any atom is -0.345 e. The summed E-state index contributed by atoms with van der Waals surface area (Å²) < 4.78 is 1.38. The van der Waals surface area contributed by atoms with Gasteiger partial charge >= 0.3 is 0 Å². The zero-order valence-electron chi connectivity index (χ0n) is 17.9. The van der Waals surface area contributed by atoms with E-state index < -0.39 is 10.5 Å². The van der Waals surface area contributed by atoms with Crippen LogP contribution in [0.25, 0.3) is 27.7 Å². The molecule has 162 valence electrons. The van der Waals surface area contributed by atoms with Crippen molar-refractivity contribution < 1.29 is 9.72 Å². The van der Waals surface area contributed by atoms with Crippen molar-refractivity contribution in [1.82, 2.24) is 9.47 Å². The van der Waals surface area contributed by atoms with E-state index in [-0.39, 0.29) is 17.2 Å². The molecule has 0 unspecified atom stereocenters. The average molecular weight is 438 g/mol. The number of amides is 1. The monoisotopic (exact) mass is 438 g/mol. The van der Waals surface area contributed by atoms with Gasteiger partial charge in [-0.2, -0.15) is 5.26 Å². The van der Waals surface area contributed by atoms with Crippen LogP contribution in [-0.4, -0.2) is 34.4 Å². The molecule has 1 aromatic heterocycles. The van der Waals surface area contributed by atoms with Gasteiger partial charge in [0, 0.05) is 42.9 Å². The number of non-ortho nitro benzene ring substituents is 1. The van der Waals surface area contributed by atoms with Gasteiger partial charge in [-0.15, -0.1) is 0 Å². The first-order valence-electron chi connectivity index (χ1n) is 9.97. The lowest BCUT2D eigenvalue weighted by molar-refractivity contribution is -0.384. The molecule has 4 rings (SSSR count). The van der Waals surface area contributed by atoms with Crippen LogP contribution in [0.3, 0.4) is 0 Å². The molecule has 0 aliphatic rings. The quantitative estimate of drug-likeness (QED) is 0.351. The normalized spacial score (nSPS) is 10.6. The van der Waals surface area contributed by atoms with E-state index in [1.54, 1.807) is 26.2 Å². The Bertz CT molecular complexity index is 1500. The fraction of sp³-hybridized carbons (Fsp3) is 0.0800. The Kier molecular flexibility index (Phi) is 5.46. The van der Waals surface area contributed by atoms with E-state index in [1.165, 1.54) is 39.8 Å². The highest BCUT2D eigenvalue weighted by Crippen LogP contribution is 2.27. The summed E-state index contributed by atoms with van der Waals surface area (Å²) in [4.78, 5) is 37.2. The molecule has 4 aromatic rings. The van der Waals surface area contributed by atoms with Crippen LogP contribution in [0.5, 0.6) is 0 Å². The van der Waals surface area contributed by atoms with Crippen LogP contribution in [-0.2, 0) is 0 Å². The number of aromatic nitrogens is 1. The Morgan fingerprint density at radius 2 is 1.61 bits per heavy atom. The molecule has 0 aliphatic carbocycles. The molecule has 0 fully saturated rings. The van der Waals surface area contributed by atoms with E-state index in [9.17, 15) is 25.0 Å². The summed E-state index contributed by atoms with van der Waals surface area (Å²) in [5.74, 6) is -0.101. The first-order chi connectivity index (χ1) is 15.8. The third-order valence-corrected chi connectivity index (χ3v) is 5.32. The zero-order valence-corrected chi connectivity index (χ0v) is 17.9. The van der Waals surface area contributed by atoms with Crippen LogP contribution >= 0.6 is 0 Å². The molecule has 1 amide bonds. The van der Waals surface area contributed by atoms with Crippen molar-refractivity contribution in [2.24, 2.45) is 0 Å². The SMILES string of the molecule is CN(C)C(=O)c1ccc(-c2ccc3cc(C#N)c(=O)n(-c4ccc([N+](=O)[O-])cc4)c3c2)cc1. The highest BCUT2D eigenvalue weighted by molar-refractivity contribution is 5.94. The molecular formula is C25H18N4O4. The van der Waals surface area contributed by atoms with Crippen LogP contribution in [0.2, 0.25) is 0 Å². The van der Waals surface area contributed by atoms with Crippen LogP contribution in [0.1, 0.15) is 15.9 Å². The Labute approximate surface area is 188 Å². The smallest absolute Gasteiger partial charge is 0.273 e. The molecule has 0 radical (unpaired) electrons. The number of nitriles is 1. The van der Waals surface area contributed by atoms with Gasteiger partial charge in [0.15, 0.2) is 0 Å². The Morgan fingerprint density at radius 1 is 0.970 bits per heavy atom. The molecule has 8 nitrogen and oxygen atoms in total. The summed E-state index contributed by atoms with van der Waals surface area (Å²) in [6, 6.07) is 21.7. The fourth-order valence-corrected chi connectivity index (χ4v) is 3.61. The van der Waals surface area contributed by atoms with Crippen molar-refractivity contribution in [3.8, 4) is 22.9 Å². The topological polar surface area (TPSA) is 109 Å². The lowest BCUT2D eigenvalue weighted by Crippen LogP contribution is -2.21. The molecule has 0 atom stereocenters. The molecule has 8 heteroatoms. The van der Waals surface area contributed by atoms with Gasteiger partial charge in [0.1, 0.15) is 11.6 Å². The van der Waals surface area contributed by atoms with Crippen molar-refractivity contribution in [3.05, 3.63) is 104 Å². The largest absolute Gasteiger partial charge is 0.345 e.